The van der Waals surface area contributed by atoms with Crippen LogP contribution in [0.2, 0.25) is 0 Å². The number of hydrogen-bond donors (Lipinski definition) is 0. The largest absolute Gasteiger partial charge is 0.311 e. The Morgan fingerprint density at radius 2 is 0.602 bits per heavy atom. The van der Waals surface area contributed by atoms with Crippen LogP contribution in [0.15, 0.2) is 170 Å². The zero-order valence-corrected chi connectivity index (χ0v) is 58.7. The van der Waals surface area contributed by atoms with E-state index in [0.29, 0.717) is 0 Å². The fourth-order valence-electron chi connectivity index (χ4n) is 17.4. The van der Waals surface area contributed by atoms with Gasteiger partial charge in [-0.2, -0.15) is 0 Å². The number of anilines is 6. The Balaban J connectivity index is 1.17. The summed E-state index contributed by atoms with van der Waals surface area (Å²) in [5.74, 6) is 0. The lowest BCUT2D eigenvalue weighted by atomic mass is 9.31. The first-order valence-corrected chi connectivity index (χ1v) is 34.3. The minimum absolute atomic E-state index is 0.0241. The molecule has 4 aliphatic heterocycles. The molecule has 460 valence electrons. The number of fused-ring (bicyclic) bond motifs is 8. The molecule has 0 atom stereocenters. The van der Waals surface area contributed by atoms with Crippen LogP contribution in [0.4, 0.5) is 34.1 Å². The molecule has 16 rings (SSSR count). The van der Waals surface area contributed by atoms with Gasteiger partial charge in [-0.3, -0.25) is 0 Å². The van der Waals surface area contributed by atoms with Gasteiger partial charge in [-0.1, -0.05) is 230 Å². The molecule has 0 amide bonds. The molecule has 0 saturated carbocycles. The maximum Gasteiger partial charge on any atom is 0.248 e. The van der Waals surface area contributed by atoms with Gasteiger partial charge in [0, 0.05) is 34.1 Å². The summed E-state index contributed by atoms with van der Waals surface area (Å²) in [6.07, 6.45) is 0. The van der Waals surface area contributed by atoms with Crippen molar-refractivity contribution in [2.75, 3.05) is 9.80 Å². The topological polar surface area (TPSA) is 6.48 Å². The predicted octanol–water partition coefficient (Wildman–Crippen LogP) is 20.5. The smallest absolute Gasteiger partial charge is 0.248 e. The van der Waals surface area contributed by atoms with E-state index in [0.717, 1.165) is 0 Å². The van der Waals surface area contributed by atoms with Crippen LogP contribution in [0.1, 0.15) is 159 Å². The van der Waals surface area contributed by atoms with Crippen molar-refractivity contribution >= 4 is 113 Å². The minimum Gasteiger partial charge on any atom is -0.311 e. The van der Waals surface area contributed by atoms with E-state index >= 15 is 0 Å². The molecule has 12 aromatic rings. The molecular formula is C89H88B2N2. The Morgan fingerprint density at radius 3 is 0.957 bits per heavy atom. The molecule has 0 N–H and O–H groups in total. The zero-order valence-electron chi connectivity index (χ0n) is 58.7. The molecule has 0 spiro atoms. The van der Waals surface area contributed by atoms with Crippen LogP contribution in [0.5, 0.6) is 0 Å². The van der Waals surface area contributed by atoms with E-state index in [1.165, 1.54) is 199 Å². The van der Waals surface area contributed by atoms with Crippen LogP contribution in [-0.2, 0) is 27.1 Å². The van der Waals surface area contributed by atoms with E-state index < -0.39 is 0 Å². The maximum absolute atomic E-state index is 2.75. The third-order valence-corrected chi connectivity index (χ3v) is 22.0. The lowest BCUT2D eigenvalue weighted by Gasteiger charge is -2.44. The van der Waals surface area contributed by atoms with Gasteiger partial charge < -0.3 is 9.80 Å². The average Bonchev–Trinajstić information content (AvgIpc) is 0.665. The summed E-state index contributed by atoms with van der Waals surface area (Å²) in [5, 5.41) is 8.26. The molecule has 0 fully saturated rings. The van der Waals surface area contributed by atoms with Crippen molar-refractivity contribution in [2.45, 2.75) is 166 Å². The molecule has 0 aliphatic carbocycles. The monoisotopic (exact) mass is 1210 g/mol. The van der Waals surface area contributed by atoms with Gasteiger partial charge in [0.2, 0.25) is 13.4 Å². The van der Waals surface area contributed by atoms with Gasteiger partial charge in [-0.25, -0.2) is 0 Å². The second-order valence-corrected chi connectivity index (χ2v) is 33.6. The van der Waals surface area contributed by atoms with Crippen molar-refractivity contribution in [3.8, 4) is 44.5 Å². The molecule has 0 bridgehead atoms. The molecule has 4 aliphatic rings. The molecule has 0 unspecified atom stereocenters. The second kappa shape index (κ2) is 19.7. The van der Waals surface area contributed by atoms with Crippen LogP contribution in [0, 0.1) is 34.6 Å². The molecule has 4 heterocycles. The molecule has 0 radical (unpaired) electrons. The van der Waals surface area contributed by atoms with Crippen LogP contribution >= 0.6 is 0 Å². The van der Waals surface area contributed by atoms with Crippen LogP contribution in [0.25, 0.3) is 76.8 Å². The van der Waals surface area contributed by atoms with Crippen LogP contribution < -0.4 is 42.6 Å². The van der Waals surface area contributed by atoms with E-state index in [-0.39, 0.29) is 40.5 Å². The standard InChI is InChI=1S/C89H88B2N2/c1-49-35-50(2)77(51(3)36-49)61-45-63-67-39-57(88(15,16)17)43-75-83(67)91(70-34-32-55(86(9,10)11)42-74(70)92(75)59-27-23-21-24-28-59)72-48-66-62(78-52(4)37-56(38-53(78)5)87(12,13)14)46-64-68-40-58(89(18,19)20)44-76-84(68)90(71-47-65(61)81(79(63)72)82(66)80(64)71)69-33-31-54(85(6,7)8)41-73(69)93(76)60-29-25-22-26-30-60/h21-48H,1-20H3. The highest BCUT2D eigenvalue weighted by molar-refractivity contribution is 7.02. The molecule has 0 saturated heterocycles. The molecule has 2 nitrogen and oxygen atoms in total. The molecule has 4 heteroatoms. The summed E-state index contributed by atoms with van der Waals surface area (Å²) >= 11 is 0. The highest BCUT2D eigenvalue weighted by Crippen LogP contribution is 2.55. The second-order valence-electron chi connectivity index (χ2n) is 33.6. The molecular weight excluding hydrogens is 1120 g/mol. The number of benzene rings is 12. The molecule has 0 aromatic heterocycles. The summed E-state index contributed by atoms with van der Waals surface area (Å²) in [4.78, 5) is 5.27. The summed E-state index contributed by atoms with van der Waals surface area (Å²) < 4.78 is 0. The first-order valence-electron chi connectivity index (χ1n) is 34.3. The fraction of sp³-hybridized carbons (Fsp3) is 0.281. The highest BCUT2D eigenvalue weighted by Gasteiger charge is 2.47. The Morgan fingerprint density at radius 1 is 0.269 bits per heavy atom. The minimum atomic E-state index is -0.155. The van der Waals surface area contributed by atoms with Gasteiger partial charge in [0.25, 0.3) is 0 Å². The van der Waals surface area contributed by atoms with E-state index in [4.69, 9.17) is 0 Å². The van der Waals surface area contributed by atoms with Crippen LogP contribution in [0.3, 0.4) is 0 Å². The number of rotatable bonds is 4. The first-order chi connectivity index (χ1) is 43.9. The predicted molar refractivity (Wildman–Crippen MR) is 408 cm³/mol. The van der Waals surface area contributed by atoms with Gasteiger partial charge in [0.1, 0.15) is 0 Å². The van der Waals surface area contributed by atoms with Gasteiger partial charge >= 0.3 is 0 Å². The lowest BCUT2D eigenvalue weighted by Crippen LogP contribution is -2.60. The van der Waals surface area contributed by atoms with Crippen LogP contribution in [-0.4, -0.2) is 13.4 Å². The average molecular weight is 1210 g/mol. The quantitative estimate of drug-likeness (QED) is 0.128. The van der Waals surface area contributed by atoms with Gasteiger partial charge in [-0.05, 0) is 271 Å². The van der Waals surface area contributed by atoms with Crippen molar-refractivity contribution < 1.29 is 0 Å². The highest BCUT2D eigenvalue weighted by atomic mass is 15.2. The number of aryl methyl sites for hydroxylation is 5. The molecule has 93 heavy (non-hydrogen) atoms. The van der Waals surface area contributed by atoms with E-state index in [1.54, 1.807) is 0 Å². The third kappa shape index (κ3) is 8.75. The number of hydrogen-bond acceptors (Lipinski definition) is 2. The van der Waals surface area contributed by atoms with Crippen molar-refractivity contribution in [1.82, 2.24) is 0 Å². The lowest BCUT2D eigenvalue weighted by molar-refractivity contribution is 0.589. The summed E-state index contributed by atoms with van der Waals surface area (Å²) in [5.41, 5.74) is 39.2. The van der Waals surface area contributed by atoms with Gasteiger partial charge in [0.15, 0.2) is 0 Å². The molecule has 12 aromatic carbocycles. The van der Waals surface area contributed by atoms with Crippen molar-refractivity contribution in [3.63, 3.8) is 0 Å². The van der Waals surface area contributed by atoms with Crippen molar-refractivity contribution in [3.05, 3.63) is 225 Å². The Labute approximate surface area is 554 Å². The normalized spacial score (nSPS) is 14.2. The number of para-hydroxylation sites is 2. The zero-order chi connectivity index (χ0) is 65.4. The SMILES string of the molecule is Cc1cc(C)c(-c2cc3c4c(cc5c(-c6c(C)cc(C(C)(C)C)cc6C)cc6c7c(cc2c4c57)B2c4ccc(C(C)(C)C)cc4N(c4ccccc4)c4cc(C(C)(C)C)cc-6c42)B2c4ccc(C(C)(C)C)cc4N(c4ccccc4)c4cc(C(C)(C)C)cc-3c42)c(C)c1. The first kappa shape index (κ1) is 59.4. The van der Waals surface area contributed by atoms with Gasteiger partial charge in [0.05, 0.1) is 0 Å². The van der Waals surface area contributed by atoms with Gasteiger partial charge in [-0.15, -0.1) is 0 Å². The third-order valence-electron chi connectivity index (χ3n) is 22.0. The Kier molecular flexibility index (Phi) is 12.6. The van der Waals surface area contributed by atoms with E-state index in [9.17, 15) is 0 Å². The summed E-state index contributed by atoms with van der Waals surface area (Å²) in [7, 11) is 0. The summed E-state index contributed by atoms with van der Waals surface area (Å²) in [6.45, 7) is 47.4. The van der Waals surface area contributed by atoms with Crippen molar-refractivity contribution in [1.29, 1.82) is 0 Å². The summed E-state index contributed by atoms with van der Waals surface area (Å²) in [6, 6.07) is 68.7. The maximum atomic E-state index is 2.75. The Bertz CT molecular complexity index is 5170. The number of nitrogens with zero attached hydrogens (tertiary/aromatic N) is 2. The fourth-order valence-corrected chi connectivity index (χ4v) is 17.4. The van der Waals surface area contributed by atoms with E-state index in [1.807, 2.05) is 0 Å². The van der Waals surface area contributed by atoms with Crippen molar-refractivity contribution in [2.24, 2.45) is 0 Å². The van der Waals surface area contributed by atoms with E-state index in [2.05, 4.69) is 318 Å². The Hall–Kier alpha value is -8.59.